The third-order valence-corrected chi connectivity index (χ3v) is 8.95. The standard InChI is InChI=1S/C31H38ClN3O4S/c1-6-24(5)33-31(37)29(7-2)34(20-25-13-11-12-16-28(25)32)30(36)21-35(26-18-22(3)17-23(4)19-26)40(38,39)27-14-9-8-10-15-27/h8-19,24,29H,6-7,20-21H2,1-5H3,(H,33,37)/t24-,29-/m1/s1. The van der Waals surface area contributed by atoms with Gasteiger partial charge in [-0.2, -0.15) is 0 Å². The van der Waals surface area contributed by atoms with Crippen molar-refractivity contribution in [1.82, 2.24) is 10.2 Å². The molecule has 9 heteroatoms. The maximum Gasteiger partial charge on any atom is 0.264 e. The van der Waals surface area contributed by atoms with E-state index in [-0.39, 0.29) is 23.4 Å². The number of nitrogens with zero attached hydrogens (tertiary/aromatic N) is 2. The molecule has 1 N–H and O–H groups in total. The van der Waals surface area contributed by atoms with Crippen LogP contribution in [0.3, 0.4) is 0 Å². The maximum atomic E-state index is 14.1. The SMILES string of the molecule is CC[C@@H](C)NC(=O)[C@@H](CC)N(Cc1ccccc1Cl)C(=O)CN(c1cc(C)cc(C)c1)S(=O)(=O)c1ccccc1. The smallest absolute Gasteiger partial charge is 0.264 e. The van der Waals surface area contributed by atoms with E-state index in [4.69, 9.17) is 11.6 Å². The van der Waals surface area contributed by atoms with Gasteiger partial charge in [0.2, 0.25) is 11.8 Å². The lowest BCUT2D eigenvalue weighted by Gasteiger charge is -2.34. The number of carbonyl (C=O) groups excluding carboxylic acids is 2. The second kappa shape index (κ2) is 13.8. The van der Waals surface area contributed by atoms with Crippen molar-refractivity contribution in [2.45, 2.75) is 71.0 Å². The zero-order valence-corrected chi connectivity index (χ0v) is 25.3. The largest absolute Gasteiger partial charge is 0.352 e. The summed E-state index contributed by atoms with van der Waals surface area (Å²) in [5, 5.41) is 3.43. The van der Waals surface area contributed by atoms with Crippen LogP contribution < -0.4 is 9.62 Å². The monoisotopic (exact) mass is 583 g/mol. The van der Waals surface area contributed by atoms with Gasteiger partial charge in [0.05, 0.1) is 10.6 Å². The fraction of sp³-hybridized carbons (Fsp3) is 0.355. The van der Waals surface area contributed by atoms with Crippen LogP contribution in [0.25, 0.3) is 0 Å². The summed E-state index contributed by atoms with van der Waals surface area (Å²) in [5.41, 5.74) is 2.77. The number of hydrogen-bond donors (Lipinski definition) is 1. The van der Waals surface area contributed by atoms with Gasteiger partial charge in [-0.25, -0.2) is 8.42 Å². The Labute approximate surface area is 243 Å². The average Bonchev–Trinajstić information content (AvgIpc) is 2.92. The summed E-state index contributed by atoms with van der Waals surface area (Å²) < 4.78 is 29.0. The topological polar surface area (TPSA) is 86.8 Å². The van der Waals surface area contributed by atoms with Gasteiger partial charge in [0.25, 0.3) is 10.0 Å². The third kappa shape index (κ3) is 7.64. The van der Waals surface area contributed by atoms with Crippen molar-refractivity contribution in [3.8, 4) is 0 Å². The first-order valence-electron chi connectivity index (χ1n) is 13.5. The van der Waals surface area contributed by atoms with E-state index >= 15 is 0 Å². The van der Waals surface area contributed by atoms with E-state index in [9.17, 15) is 18.0 Å². The fourth-order valence-electron chi connectivity index (χ4n) is 4.51. The normalized spacial score (nSPS) is 12.8. The predicted octanol–water partition coefficient (Wildman–Crippen LogP) is 5.87. The van der Waals surface area contributed by atoms with Crippen molar-refractivity contribution < 1.29 is 18.0 Å². The number of aryl methyl sites for hydroxylation is 2. The Bertz CT molecular complexity index is 1410. The van der Waals surface area contributed by atoms with Crippen molar-refractivity contribution >= 4 is 39.1 Å². The molecular formula is C31H38ClN3O4S. The van der Waals surface area contributed by atoms with Gasteiger partial charge in [-0.1, -0.05) is 67.9 Å². The number of rotatable bonds is 12. The van der Waals surface area contributed by atoms with Crippen molar-refractivity contribution in [2.24, 2.45) is 0 Å². The number of amides is 2. The highest BCUT2D eigenvalue weighted by molar-refractivity contribution is 7.92. The number of sulfonamides is 1. The van der Waals surface area contributed by atoms with E-state index in [0.29, 0.717) is 22.7 Å². The van der Waals surface area contributed by atoms with E-state index in [1.807, 2.05) is 46.8 Å². The van der Waals surface area contributed by atoms with Crippen LogP contribution in [0.15, 0.2) is 77.7 Å². The molecule has 3 aromatic rings. The first-order valence-corrected chi connectivity index (χ1v) is 15.3. The third-order valence-electron chi connectivity index (χ3n) is 6.79. The Morgan fingerprint density at radius 2 is 1.50 bits per heavy atom. The molecule has 40 heavy (non-hydrogen) atoms. The maximum absolute atomic E-state index is 14.1. The van der Waals surface area contributed by atoms with Crippen LogP contribution in [0.2, 0.25) is 5.02 Å². The molecule has 0 aromatic heterocycles. The van der Waals surface area contributed by atoms with Crippen molar-refractivity contribution in [2.75, 3.05) is 10.8 Å². The quantitative estimate of drug-likeness (QED) is 0.289. The predicted molar refractivity (Wildman–Crippen MR) is 161 cm³/mol. The molecule has 214 valence electrons. The van der Waals surface area contributed by atoms with Gasteiger partial charge >= 0.3 is 0 Å². The summed E-state index contributed by atoms with van der Waals surface area (Å²) in [4.78, 5) is 29.0. The first kappa shape index (κ1) is 31.2. The molecule has 2 atom stereocenters. The van der Waals surface area contributed by atoms with Crippen molar-refractivity contribution in [3.63, 3.8) is 0 Å². The number of anilines is 1. The molecule has 2 amide bonds. The summed E-state index contributed by atoms with van der Waals surface area (Å²) in [6.07, 6.45) is 1.07. The second-order valence-corrected chi connectivity index (χ2v) is 12.3. The summed E-state index contributed by atoms with van der Waals surface area (Å²) in [5.74, 6) is -0.800. The van der Waals surface area contributed by atoms with Crippen LogP contribution >= 0.6 is 11.6 Å². The summed E-state index contributed by atoms with van der Waals surface area (Å²) in [6.45, 7) is 9.02. The van der Waals surface area contributed by atoms with Crippen LogP contribution in [-0.2, 0) is 26.2 Å². The first-order chi connectivity index (χ1) is 19.0. The molecule has 0 aliphatic rings. The Morgan fingerprint density at radius 1 is 0.900 bits per heavy atom. The summed E-state index contributed by atoms with van der Waals surface area (Å²) in [7, 11) is -4.11. The summed E-state index contributed by atoms with van der Waals surface area (Å²) in [6, 6.07) is 19.7. The van der Waals surface area contributed by atoms with Gasteiger partial charge < -0.3 is 10.2 Å². The number of carbonyl (C=O) groups is 2. The Morgan fingerprint density at radius 3 is 2.08 bits per heavy atom. The Kier molecular flexibility index (Phi) is 10.8. The minimum Gasteiger partial charge on any atom is -0.352 e. The van der Waals surface area contributed by atoms with Crippen molar-refractivity contribution in [3.05, 3.63) is 94.5 Å². The average molecular weight is 584 g/mol. The molecule has 0 aliphatic heterocycles. The van der Waals surface area contributed by atoms with Crippen LogP contribution in [0.5, 0.6) is 0 Å². The van der Waals surface area contributed by atoms with E-state index in [1.54, 1.807) is 48.5 Å². The molecule has 3 aromatic carbocycles. The number of benzene rings is 3. The molecule has 0 heterocycles. The van der Waals surface area contributed by atoms with E-state index in [0.717, 1.165) is 21.9 Å². The Balaban J connectivity index is 2.09. The molecule has 0 aliphatic carbocycles. The molecule has 0 saturated carbocycles. The molecule has 7 nitrogen and oxygen atoms in total. The van der Waals surface area contributed by atoms with Gasteiger partial charge in [0, 0.05) is 17.6 Å². The molecule has 0 saturated heterocycles. The van der Waals surface area contributed by atoms with E-state index in [1.165, 1.54) is 17.0 Å². The van der Waals surface area contributed by atoms with E-state index < -0.39 is 28.5 Å². The molecule has 0 spiro atoms. The van der Waals surface area contributed by atoms with Crippen molar-refractivity contribution in [1.29, 1.82) is 0 Å². The zero-order chi connectivity index (χ0) is 29.4. The molecular weight excluding hydrogens is 546 g/mol. The molecule has 0 unspecified atom stereocenters. The van der Waals surface area contributed by atoms with Crippen LogP contribution in [0.1, 0.15) is 50.3 Å². The Hall–Kier alpha value is -3.36. The van der Waals surface area contributed by atoms with Gasteiger partial charge in [-0.05, 0) is 80.6 Å². The number of hydrogen-bond acceptors (Lipinski definition) is 4. The minimum absolute atomic E-state index is 0.0526. The lowest BCUT2D eigenvalue weighted by Crippen LogP contribution is -2.53. The van der Waals surface area contributed by atoms with Gasteiger partial charge in [-0.3, -0.25) is 13.9 Å². The number of nitrogens with one attached hydrogen (secondary N) is 1. The fourth-order valence-corrected chi connectivity index (χ4v) is 6.13. The molecule has 0 bridgehead atoms. The molecule has 3 rings (SSSR count). The molecule has 0 radical (unpaired) electrons. The number of halogens is 1. The highest BCUT2D eigenvalue weighted by Gasteiger charge is 2.34. The zero-order valence-electron chi connectivity index (χ0n) is 23.7. The molecule has 0 fully saturated rings. The highest BCUT2D eigenvalue weighted by Crippen LogP contribution is 2.27. The lowest BCUT2D eigenvalue weighted by atomic mass is 10.1. The second-order valence-electron chi connectivity index (χ2n) is 10.0. The summed E-state index contributed by atoms with van der Waals surface area (Å²) >= 11 is 6.45. The van der Waals surface area contributed by atoms with Crippen LogP contribution in [0.4, 0.5) is 5.69 Å². The highest BCUT2D eigenvalue weighted by atomic mass is 35.5. The van der Waals surface area contributed by atoms with Crippen LogP contribution in [0, 0.1) is 13.8 Å². The van der Waals surface area contributed by atoms with Gasteiger partial charge in [0.15, 0.2) is 0 Å². The minimum atomic E-state index is -4.11. The van der Waals surface area contributed by atoms with Gasteiger partial charge in [0.1, 0.15) is 12.6 Å². The van der Waals surface area contributed by atoms with E-state index in [2.05, 4.69) is 5.32 Å². The van der Waals surface area contributed by atoms with Gasteiger partial charge in [-0.15, -0.1) is 0 Å². The van der Waals surface area contributed by atoms with Crippen LogP contribution in [-0.4, -0.2) is 43.8 Å². The lowest BCUT2D eigenvalue weighted by molar-refractivity contribution is -0.140.